The maximum Gasteiger partial charge on any atom is 0.243 e. The second-order valence-electron chi connectivity index (χ2n) is 5.17. The van der Waals surface area contributed by atoms with Crippen LogP contribution in [0.1, 0.15) is 32.1 Å². The predicted molar refractivity (Wildman–Crippen MR) is 91.0 cm³/mol. The summed E-state index contributed by atoms with van der Waals surface area (Å²) < 4.78 is 27.4. The number of alkyl halides is 1. The minimum Gasteiger partial charge on any atom is -0.207 e. The van der Waals surface area contributed by atoms with Gasteiger partial charge in [-0.15, -0.1) is 0 Å². The average Bonchev–Trinajstić information content (AvgIpc) is 2.48. The Morgan fingerprint density at radius 3 is 2.38 bits per heavy atom. The summed E-state index contributed by atoms with van der Waals surface area (Å²) in [5.41, 5.74) is 0. The van der Waals surface area contributed by atoms with E-state index in [0.29, 0.717) is 16.9 Å². The summed E-state index contributed by atoms with van der Waals surface area (Å²) in [6, 6.07) is 4.57. The van der Waals surface area contributed by atoms with Crippen LogP contribution in [0.2, 0.25) is 10.0 Å². The van der Waals surface area contributed by atoms with E-state index < -0.39 is 10.0 Å². The van der Waals surface area contributed by atoms with Crippen LogP contribution in [-0.2, 0) is 10.0 Å². The number of nitrogens with zero attached hydrogens (tertiary/aromatic N) is 1. The molecule has 2 rings (SSSR count). The normalized spacial score (nSPS) is 17.3. The maximum atomic E-state index is 12.9. The van der Waals surface area contributed by atoms with Gasteiger partial charge in [0.2, 0.25) is 10.0 Å². The summed E-state index contributed by atoms with van der Waals surface area (Å²) >= 11 is 15.2. The largest absolute Gasteiger partial charge is 0.243 e. The minimum atomic E-state index is -3.54. The number of sulfonamides is 1. The molecule has 0 aliphatic heterocycles. The van der Waals surface area contributed by atoms with Crippen LogP contribution in [0.4, 0.5) is 0 Å². The maximum absolute atomic E-state index is 12.9. The summed E-state index contributed by atoms with van der Waals surface area (Å²) in [5, 5.41) is 1.24. The Labute approximate surface area is 144 Å². The first-order chi connectivity index (χ1) is 9.96. The van der Waals surface area contributed by atoms with E-state index in [1.807, 2.05) is 0 Å². The molecular formula is C14H18BrCl2NO2S. The molecule has 0 N–H and O–H groups in total. The summed E-state index contributed by atoms with van der Waals surface area (Å²) in [4.78, 5) is 0.212. The van der Waals surface area contributed by atoms with Crippen molar-refractivity contribution in [2.45, 2.75) is 43.0 Å². The molecule has 1 saturated carbocycles. The van der Waals surface area contributed by atoms with Crippen LogP contribution in [-0.4, -0.2) is 30.6 Å². The van der Waals surface area contributed by atoms with Crippen molar-refractivity contribution in [1.29, 1.82) is 0 Å². The number of rotatable bonds is 5. The Morgan fingerprint density at radius 2 is 1.81 bits per heavy atom. The fraction of sp³-hybridized carbons (Fsp3) is 0.571. The van der Waals surface area contributed by atoms with E-state index in [9.17, 15) is 8.42 Å². The van der Waals surface area contributed by atoms with Gasteiger partial charge in [0.15, 0.2) is 0 Å². The molecule has 0 amide bonds. The van der Waals surface area contributed by atoms with Gasteiger partial charge >= 0.3 is 0 Å². The standard InChI is InChI=1S/C14H18BrCl2NO2S/c15-8-9-18(11-4-2-1-3-5-11)21(19,20)12-6-7-13(16)14(17)10-12/h6-7,10-11H,1-5,8-9H2. The van der Waals surface area contributed by atoms with E-state index in [4.69, 9.17) is 23.2 Å². The average molecular weight is 415 g/mol. The van der Waals surface area contributed by atoms with Crippen molar-refractivity contribution in [3.63, 3.8) is 0 Å². The van der Waals surface area contributed by atoms with Crippen molar-refractivity contribution in [3.8, 4) is 0 Å². The Hall–Kier alpha value is 0.190. The highest BCUT2D eigenvalue weighted by Gasteiger charge is 2.32. The zero-order valence-corrected chi connectivity index (χ0v) is 15.5. The van der Waals surface area contributed by atoms with E-state index in [2.05, 4.69) is 15.9 Å². The Balaban J connectivity index is 2.34. The molecule has 0 spiro atoms. The molecule has 0 radical (unpaired) electrons. The second kappa shape index (κ2) is 7.64. The Bertz CT molecular complexity index is 589. The third-order valence-corrected chi connectivity index (χ3v) is 6.83. The van der Waals surface area contributed by atoms with Gasteiger partial charge in [-0.2, -0.15) is 4.31 Å². The number of hydrogen-bond acceptors (Lipinski definition) is 2. The highest BCUT2D eigenvalue weighted by Crippen LogP contribution is 2.30. The lowest BCUT2D eigenvalue weighted by Crippen LogP contribution is -2.42. The molecule has 0 saturated heterocycles. The molecule has 21 heavy (non-hydrogen) atoms. The molecule has 3 nitrogen and oxygen atoms in total. The molecule has 0 heterocycles. The summed E-state index contributed by atoms with van der Waals surface area (Å²) in [6.07, 6.45) is 5.20. The first-order valence-electron chi connectivity index (χ1n) is 6.99. The number of halogens is 3. The van der Waals surface area contributed by atoms with E-state index >= 15 is 0 Å². The van der Waals surface area contributed by atoms with Crippen molar-refractivity contribution >= 4 is 49.2 Å². The lowest BCUT2D eigenvalue weighted by molar-refractivity contribution is 0.263. The van der Waals surface area contributed by atoms with Gasteiger partial charge < -0.3 is 0 Å². The minimum absolute atomic E-state index is 0.0794. The number of hydrogen-bond donors (Lipinski definition) is 0. The molecule has 1 aromatic rings. The molecule has 118 valence electrons. The third-order valence-electron chi connectivity index (χ3n) is 3.78. The molecule has 1 aliphatic carbocycles. The van der Waals surface area contributed by atoms with Gasteiger partial charge in [-0.1, -0.05) is 58.4 Å². The van der Waals surface area contributed by atoms with Crippen molar-refractivity contribution in [1.82, 2.24) is 4.31 Å². The van der Waals surface area contributed by atoms with Gasteiger partial charge in [0, 0.05) is 17.9 Å². The zero-order valence-electron chi connectivity index (χ0n) is 11.6. The summed E-state index contributed by atoms with van der Waals surface area (Å²) in [7, 11) is -3.54. The van der Waals surface area contributed by atoms with Crippen LogP contribution in [0, 0.1) is 0 Å². The molecule has 1 aromatic carbocycles. The van der Waals surface area contributed by atoms with Gasteiger partial charge in [0.25, 0.3) is 0 Å². The number of benzene rings is 1. The topological polar surface area (TPSA) is 37.4 Å². The van der Waals surface area contributed by atoms with Gasteiger partial charge in [-0.3, -0.25) is 0 Å². The molecule has 1 fully saturated rings. The highest BCUT2D eigenvalue weighted by atomic mass is 79.9. The lowest BCUT2D eigenvalue weighted by atomic mass is 9.95. The Morgan fingerprint density at radius 1 is 1.14 bits per heavy atom. The van der Waals surface area contributed by atoms with Gasteiger partial charge in [0.05, 0.1) is 14.9 Å². The molecule has 0 atom stereocenters. The molecule has 0 aromatic heterocycles. The lowest BCUT2D eigenvalue weighted by Gasteiger charge is -2.33. The van der Waals surface area contributed by atoms with Gasteiger partial charge in [-0.05, 0) is 31.0 Å². The molecular weight excluding hydrogens is 397 g/mol. The third kappa shape index (κ3) is 4.14. The summed E-state index contributed by atoms with van der Waals surface area (Å²) in [6.45, 7) is 0.466. The van der Waals surface area contributed by atoms with Crippen LogP contribution in [0.15, 0.2) is 23.1 Å². The second-order valence-corrected chi connectivity index (χ2v) is 8.67. The van der Waals surface area contributed by atoms with Crippen LogP contribution < -0.4 is 0 Å². The fourth-order valence-corrected chi connectivity index (χ4v) is 5.42. The quantitative estimate of drug-likeness (QED) is 0.654. The zero-order chi connectivity index (χ0) is 15.5. The Kier molecular flexibility index (Phi) is 6.38. The molecule has 0 bridgehead atoms. The fourth-order valence-electron chi connectivity index (χ4n) is 2.72. The smallest absolute Gasteiger partial charge is 0.207 e. The van der Waals surface area contributed by atoms with Crippen LogP contribution >= 0.6 is 39.1 Å². The molecule has 0 unspecified atom stereocenters. The van der Waals surface area contributed by atoms with E-state index in [1.165, 1.54) is 24.6 Å². The van der Waals surface area contributed by atoms with Gasteiger partial charge in [0.1, 0.15) is 0 Å². The SMILES string of the molecule is O=S(=O)(c1ccc(Cl)c(Cl)c1)N(CCBr)C1CCCCC1. The predicted octanol–water partition coefficient (Wildman–Crippen LogP) is 4.71. The summed E-state index contributed by atoms with van der Waals surface area (Å²) in [5.74, 6) is 0. The van der Waals surface area contributed by atoms with Crippen molar-refractivity contribution < 1.29 is 8.42 Å². The van der Waals surface area contributed by atoms with E-state index in [-0.39, 0.29) is 16.0 Å². The van der Waals surface area contributed by atoms with Crippen LogP contribution in [0.3, 0.4) is 0 Å². The highest BCUT2D eigenvalue weighted by molar-refractivity contribution is 9.09. The van der Waals surface area contributed by atoms with Gasteiger partial charge in [-0.25, -0.2) is 8.42 Å². The van der Waals surface area contributed by atoms with Crippen LogP contribution in [0.5, 0.6) is 0 Å². The van der Waals surface area contributed by atoms with Crippen molar-refractivity contribution in [2.24, 2.45) is 0 Å². The first kappa shape index (κ1) is 17.5. The molecule has 1 aliphatic rings. The van der Waals surface area contributed by atoms with Crippen molar-refractivity contribution in [2.75, 3.05) is 11.9 Å². The van der Waals surface area contributed by atoms with E-state index in [0.717, 1.165) is 25.7 Å². The molecule has 7 heteroatoms. The van der Waals surface area contributed by atoms with Crippen molar-refractivity contribution in [3.05, 3.63) is 28.2 Å². The van der Waals surface area contributed by atoms with E-state index in [1.54, 1.807) is 4.31 Å². The monoisotopic (exact) mass is 413 g/mol. The van der Waals surface area contributed by atoms with Crippen LogP contribution in [0.25, 0.3) is 0 Å². The first-order valence-corrected chi connectivity index (χ1v) is 10.3.